The molecular formula is C19H15ClN3O6S-. The van der Waals surface area contributed by atoms with Crippen LogP contribution in [0.3, 0.4) is 0 Å². The van der Waals surface area contributed by atoms with Gasteiger partial charge in [-0.1, -0.05) is 24.3 Å². The fourth-order valence-corrected chi connectivity index (χ4v) is 6.33. The van der Waals surface area contributed by atoms with Gasteiger partial charge in [-0.3, -0.25) is 20.2 Å². The first kappa shape index (κ1) is 20.4. The van der Waals surface area contributed by atoms with Crippen molar-refractivity contribution in [2.75, 3.05) is 5.32 Å². The Morgan fingerprint density at radius 1 is 1.07 bits per heavy atom. The second-order valence-corrected chi connectivity index (χ2v) is 8.98. The molecule has 4 rings (SSSR count). The van der Waals surface area contributed by atoms with E-state index in [9.17, 15) is 30.1 Å². The lowest BCUT2D eigenvalue weighted by atomic mass is 9.79. The van der Waals surface area contributed by atoms with E-state index in [4.69, 9.17) is 11.6 Å². The topological polar surface area (TPSA) is 138 Å². The molecule has 0 amide bonds. The first-order valence-corrected chi connectivity index (χ1v) is 10.4. The number of nitrogens with zero attached hydrogens (tertiary/aromatic N) is 2. The highest BCUT2D eigenvalue weighted by Crippen LogP contribution is 2.56. The molecule has 1 aliphatic carbocycles. The molecule has 0 radical (unpaired) electrons. The van der Waals surface area contributed by atoms with Gasteiger partial charge in [-0.05, 0) is 24.0 Å². The molecule has 5 atom stereocenters. The number of rotatable bonds is 5. The molecule has 2 aliphatic rings. The second-order valence-electron chi connectivity index (χ2n) is 7.19. The van der Waals surface area contributed by atoms with Crippen LogP contribution in [-0.4, -0.2) is 32.5 Å². The number of benzene rings is 2. The number of para-hydroxylation sites is 2. The lowest BCUT2D eigenvalue weighted by Crippen LogP contribution is -2.49. The van der Waals surface area contributed by atoms with Gasteiger partial charge in [0, 0.05) is 23.3 Å². The molecular weight excluding hydrogens is 434 g/mol. The van der Waals surface area contributed by atoms with Crippen LogP contribution in [0.4, 0.5) is 17.1 Å². The first-order chi connectivity index (χ1) is 14.3. The molecule has 1 N–H and O–H groups in total. The summed E-state index contributed by atoms with van der Waals surface area (Å²) in [5.74, 6) is -2.30. The van der Waals surface area contributed by atoms with E-state index in [1.54, 1.807) is 30.3 Å². The van der Waals surface area contributed by atoms with Gasteiger partial charge in [-0.25, -0.2) is 0 Å². The molecule has 0 aromatic heterocycles. The van der Waals surface area contributed by atoms with E-state index < -0.39 is 39.1 Å². The SMILES string of the molecule is O=C([O-])[C@H]1Nc2c(cccc2[N+](=O)[O-])[C@@H]2[C@H](Cl)[C@@H](Sc3ccccc3[N+](=O)[O-])C[C@@H]21. The summed E-state index contributed by atoms with van der Waals surface area (Å²) in [6.07, 6.45) is 0.364. The van der Waals surface area contributed by atoms with Gasteiger partial charge in [0.25, 0.3) is 11.4 Å². The third-order valence-corrected chi connectivity index (χ3v) is 7.73. The van der Waals surface area contributed by atoms with Crippen molar-refractivity contribution in [2.24, 2.45) is 5.92 Å². The summed E-state index contributed by atoms with van der Waals surface area (Å²) in [5.41, 5.74) is 0.444. The number of alkyl halides is 1. The number of fused-ring (bicyclic) bond motifs is 3. The number of thioether (sulfide) groups is 1. The Morgan fingerprint density at radius 2 is 1.73 bits per heavy atom. The van der Waals surface area contributed by atoms with Crippen molar-refractivity contribution in [3.05, 3.63) is 68.3 Å². The van der Waals surface area contributed by atoms with Crippen molar-refractivity contribution < 1.29 is 19.7 Å². The number of carbonyl (C=O) groups excluding carboxylic acids is 1. The Balaban J connectivity index is 1.73. The van der Waals surface area contributed by atoms with Gasteiger partial charge < -0.3 is 15.2 Å². The van der Waals surface area contributed by atoms with Crippen LogP contribution in [0, 0.1) is 26.1 Å². The zero-order valence-corrected chi connectivity index (χ0v) is 16.8. The standard InChI is InChI=1S/C19H16ClN3O6S/c20-16-14(30-13-7-2-1-5-11(13)22(26)27)8-10-15(16)9-4-3-6-12(23(28)29)17(9)21-18(10)19(24)25/h1-7,10,14-16,18,21H,8H2,(H,24,25)/p-1/t10-,14-,15-,16+,18-/m0/s1. The zero-order valence-electron chi connectivity index (χ0n) is 15.3. The summed E-state index contributed by atoms with van der Waals surface area (Å²) in [6, 6.07) is 9.68. The molecule has 0 unspecified atom stereocenters. The number of carbonyl (C=O) groups is 1. The summed E-state index contributed by atoms with van der Waals surface area (Å²) >= 11 is 7.99. The second kappa shape index (κ2) is 7.77. The summed E-state index contributed by atoms with van der Waals surface area (Å²) in [5, 5.41) is 36.5. The molecule has 0 saturated heterocycles. The van der Waals surface area contributed by atoms with Crippen LogP contribution in [-0.2, 0) is 4.79 Å². The summed E-state index contributed by atoms with van der Waals surface area (Å²) in [4.78, 5) is 34.0. The van der Waals surface area contributed by atoms with Gasteiger partial charge in [-0.15, -0.1) is 23.4 Å². The molecule has 0 spiro atoms. The van der Waals surface area contributed by atoms with Gasteiger partial charge >= 0.3 is 0 Å². The van der Waals surface area contributed by atoms with Crippen LogP contribution in [0.5, 0.6) is 0 Å². The van der Waals surface area contributed by atoms with Gasteiger partial charge in [0.15, 0.2) is 0 Å². The number of halogens is 1. The Morgan fingerprint density at radius 3 is 2.40 bits per heavy atom. The van der Waals surface area contributed by atoms with E-state index in [1.165, 1.54) is 23.9 Å². The molecule has 1 saturated carbocycles. The Labute approximate surface area is 179 Å². The number of carboxylic acid groups (broad SMARTS) is 1. The number of nitrogens with one attached hydrogen (secondary N) is 1. The van der Waals surface area contributed by atoms with Gasteiger partial charge in [0.05, 0.1) is 32.1 Å². The predicted molar refractivity (Wildman–Crippen MR) is 109 cm³/mol. The number of nitro benzene ring substituents is 2. The van der Waals surface area contributed by atoms with E-state index in [0.29, 0.717) is 16.9 Å². The molecule has 0 bridgehead atoms. The summed E-state index contributed by atoms with van der Waals surface area (Å²) < 4.78 is 0. The van der Waals surface area contributed by atoms with E-state index in [0.717, 1.165) is 0 Å². The van der Waals surface area contributed by atoms with Crippen LogP contribution < -0.4 is 10.4 Å². The van der Waals surface area contributed by atoms with Gasteiger partial charge in [0.1, 0.15) is 5.69 Å². The van der Waals surface area contributed by atoms with Crippen LogP contribution in [0.25, 0.3) is 0 Å². The smallest absolute Gasteiger partial charge is 0.292 e. The molecule has 1 heterocycles. The highest BCUT2D eigenvalue weighted by atomic mass is 35.5. The van der Waals surface area contributed by atoms with E-state index >= 15 is 0 Å². The quantitative estimate of drug-likeness (QED) is 0.418. The maximum Gasteiger partial charge on any atom is 0.292 e. The minimum absolute atomic E-state index is 0.0492. The predicted octanol–water partition coefficient (Wildman–Crippen LogP) is 2.92. The van der Waals surface area contributed by atoms with Crippen molar-refractivity contribution in [2.45, 2.75) is 33.9 Å². The molecule has 11 heteroatoms. The van der Waals surface area contributed by atoms with E-state index in [-0.39, 0.29) is 22.3 Å². The van der Waals surface area contributed by atoms with Gasteiger partial charge in [-0.2, -0.15) is 0 Å². The third-order valence-electron chi connectivity index (χ3n) is 5.62. The van der Waals surface area contributed by atoms with Crippen molar-refractivity contribution in [3.8, 4) is 0 Å². The Hall–Kier alpha value is -2.85. The van der Waals surface area contributed by atoms with Crippen molar-refractivity contribution in [1.29, 1.82) is 0 Å². The molecule has 1 aliphatic heterocycles. The number of hydrogen-bond donors (Lipinski definition) is 1. The largest absolute Gasteiger partial charge is 0.548 e. The number of carboxylic acids is 1. The minimum atomic E-state index is -1.37. The Kier molecular flexibility index (Phi) is 5.29. The molecule has 2 aromatic carbocycles. The molecule has 9 nitrogen and oxygen atoms in total. The monoisotopic (exact) mass is 448 g/mol. The van der Waals surface area contributed by atoms with E-state index in [1.807, 2.05) is 0 Å². The fraction of sp³-hybridized carbons (Fsp3) is 0.316. The van der Waals surface area contributed by atoms with Crippen LogP contribution in [0.1, 0.15) is 17.9 Å². The molecule has 1 fully saturated rings. The molecule has 30 heavy (non-hydrogen) atoms. The van der Waals surface area contributed by atoms with Crippen molar-refractivity contribution >= 4 is 46.4 Å². The Bertz CT molecular complexity index is 1050. The maximum absolute atomic E-state index is 11.8. The normalized spacial score (nSPS) is 26.9. The summed E-state index contributed by atoms with van der Waals surface area (Å²) in [7, 11) is 0. The highest BCUT2D eigenvalue weighted by molar-refractivity contribution is 8.00. The number of hydrogen-bond acceptors (Lipinski definition) is 8. The highest BCUT2D eigenvalue weighted by Gasteiger charge is 2.51. The fourth-order valence-electron chi connectivity index (χ4n) is 4.38. The van der Waals surface area contributed by atoms with Crippen LogP contribution in [0.15, 0.2) is 47.4 Å². The number of nitro groups is 2. The minimum Gasteiger partial charge on any atom is -0.548 e. The number of aliphatic carboxylic acids is 1. The number of anilines is 1. The third kappa shape index (κ3) is 3.35. The van der Waals surface area contributed by atoms with Crippen molar-refractivity contribution in [1.82, 2.24) is 0 Å². The van der Waals surface area contributed by atoms with Crippen molar-refractivity contribution in [3.63, 3.8) is 0 Å². The zero-order chi connectivity index (χ0) is 21.6. The average Bonchev–Trinajstić information content (AvgIpc) is 3.03. The molecule has 156 valence electrons. The summed E-state index contributed by atoms with van der Waals surface area (Å²) in [6.45, 7) is 0. The maximum atomic E-state index is 11.8. The lowest BCUT2D eigenvalue weighted by Gasteiger charge is -2.38. The first-order valence-electron chi connectivity index (χ1n) is 9.08. The van der Waals surface area contributed by atoms with Crippen LogP contribution >= 0.6 is 23.4 Å². The lowest BCUT2D eigenvalue weighted by molar-refractivity contribution is -0.387. The van der Waals surface area contributed by atoms with Crippen LogP contribution in [0.2, 0.25) is 0 Å². The molecule has 2 aromatic rings. The van der Waals surface area contributed by atoms with E-state index in [2.05, 4.69) is 5.32 Å². The van der Waals surface area contributed by atoms with Gasteiger partial charge in [0.2, 0.25) is 0 Å². The average molecular weight is 449 g/mol.